The Hall–Kier alpha value is -4.76. The van der Waals surface area contributed by atoms with Crippen LogP contribution >= 0.6 is 0 Å². The minimum absolute atomic E-state index is 0.0282. The number of benzene rings is 1. The third kappa shape index (κ3) is 5.28. The van der Waals surface area contributed by atoms with Crippen molar-refractivity contribution in [2.24, 2.45) is 0 Å². The summed E-state index contributed by atoms with van der Waals surface area (Å²) >= 11 is 0. The van der Waals surface area contributed by atoms with Crippen LogP contribution < -0.4 is 16.4 Å². The van der Waals surface area contributed by atoms with Gasteiger partial charge in [0.1, 0.15) is 17.8 Å². The smallest absolute Gasteiger partial charge is 0.383 e. The molecule has 1 saturated heterocycles. The van der Waals surface area contributed by atoms with Crippen LogP contribution in [-0.2, 0) is 12.7 Å². The van der Waals surface area contributed by atoms with Gasteiger partial charge in [0.2, 0.25) is 0 Å². The number of alkyl halides is 3. The summed E-state index contributed by atoms with van der Waals surface area (Å²) in [6.45, 7) is 3.17. The second-order valence-corrected chi connectivity index (χ2v) is 11.3. The Morgan fingerprint density at radius 2 is 1.82 bits per heavy atom. The fourth-order valence-electron chi connectivity index (χ4n) is 5.64. The molecule has 12 nitrogen and oxygen atoms in total. The van der Waals surface area contributed by atoms with E-state index in [4.69, 9.17) is 10.8 Å². The summed E-state index contributed by atoms with van der Waals surface area (Å²) in [5.74, 6) is 0.305. The average molecular weight is 606 g/mol. The van der Waals surface area contributed by atoms with Crippen molar-refractivity contribution in [1.29, 1.82) is 0 Å². The molecular formula is C29H30F3N11O. The van der Waals surface area contributed by atoms with E-state index in [1.165, 1.54) is 18.5 Å². The summed E-state index contributed by atoms with van der Waals surface area (Å²) in [5.41, 5.74) is 8.35. The lowest BCUT2D eigenvalue weighted by Gasteiger charge is -2.33. The van der Waals surface area contributed by atoms with Gasteiger partial charge in [-0.05, 0) is 49.7 Å². The maximum absolute atomic E-state index is 14.0. The van der Waals surface area contributed by atoms with Crippen LogP contribution in [-0.4, -0.2) is 78.2 Å². The van der Waals surface area contributed by atoms with Gasteiger partial charge in [0.05, 0.1) is 28.4 Å². The van der Waals surface area contributed by atoms with Gasteiger partial charge in [-0.15, -0.1) is 0 Å². The fourth-order valence-corrected chi connectivity index (χ4v) is 5.64. The molecule has 1 aliphatic heterocycles. The first kappa shape index (κ1) is 28.0. The number of likely N-dealkylation sites (N-methyl/N-ethyl adjacent to an activating group) is 1. The maximum atomic E-state index is 14.0. The molecule has 2 aliphatic rings. The lowest BCUT2D eigenvalue weighted by Crippen LogP contribution is -2.44. The second-order valence-electron chi connectivity index (χ2n) is 11.3. The molecule has 5 aromatic rings. The zero-order chi connectivity index (χ0) is 30.6. The molecule has 2 amide bonds. The molecule has 0 unspecified atom stereocenters. The number of hydrogen-bond donors (Lipinski definition) is 3. The number of urea groups is 1. The van der Waals surface area contributed by atoms with Gasteiger partial charge < -0.3 is 21.3 Å². The zero-order valence-corrected chi connectivity index (χ0v) is 23.8. The molecule has 4 aromatic heterocycles. The predicted octanol–water partition coefficient (Wildman–Crippen LogP) is 4.47. The molecule has 0 atom stereocenters. The third-order valence-electron chi connectivity index (χ3n) is 8.11. The van der Waals surface area contributed by atoms with Gasteiger partial charge in [0, 0.05) is 50.8 Å². The first-order valence-corrected chi connectivity index (χ1v) is 14.3. The molecule has 228 valence electrons. The van der Waals surface area contributed by atoms with Crippen molar-refractivity contribution < 1.29 is 18.0 Å². The monoisotopic (exact) mass is 605 g/mol. The van der Waals surface area contributed by atoms with Gasteiger partial charge >= 0.3 is 12.2 Å². The van der Waals surface area contributed by atoms with E-state index in [2.05, 4.69) is 30.5 Å². The number of carbonyl (C=O) groups excluding carboxylic acids is 1. The number of halogens is 3. The van der Waals surface area contributed by atoms with E-state index in [9.17, 15) is 18.0 Å². The topological polar surface area (TPSA) is 135 Å². The van der Waals surface area contributed by atoms with Crippen LogP contribution in [0, 0.1) is 0 Å². The normalized spacial score (nSPS) is 16.5. The van der Waals surface area contributed by atoms with Gasteiger partial charge in [-0.25, -0.2) is 24.4 Å². The number of nitrogens with two attached hydrogens (primary N) is 1. The fraction of sp³-hybridized carbons (Fsp3) is 0.345. The molecule has 44 heavy (non-hydrogen) atoms. The summed E-state index contributed by atoms with van der Waals surface area (Å²) in [4.78, 5) is 30.1. The maximum Gasteiger partial charge on any atom is 0.416 e. The van der Waals surface area contributed by atoms with Gasteiger partial charge in [0.15, 0.2) is 11.3 Å². The molecule has 0 spiro atoms. The molecule has 0 radical (unpaired) electrons. The van der Waals surface area contributed by atoms with Crippen molar-refractivity contribution in [3.63, 3.8) is 0 Å². The third-order valence-corrected chi connectivity index (χ3v) is 8.11. The largest absolute Gasteiger partial charge is 0.416 e. The molecule has 2 fully saturated rings. The van der Waals surface area contributed by atoms with Crippen LogP contribution in [0.3, 0.4) is 0 Å². The Kier molecular flexibility index (Phi) is 6.85. The SMILES string of the molecule is CN1CCN(Cc2ccc(NC(=O)Nc3ccc(-c4nn(C5CC5)c5ncnc(N)c45)n4ccnc34)cc2C(F)(F)F)CC1. The summed E-state index contributed by atoms with van der Waals surface area (Å²) < 4.78 is 45.7. The number of nitrogen functional groups attached to an aromatic ring is 1. The number of carbonyl (C=O) groups is 1. The Morgan fingerprint density at radius 3 is 2.57 bits per heavy atom. The van der Waals surface area contributed by atoms with Crippen molar-refractivity contribution in [3.8, 4) is 11.4 Å². The number of imidazole rings is 1. The van der Waals surface area contributed by atoms with E-state index in [1.807, 2.05) is 16.6 Å². The van der Waals surface area contributed by atoms with Crippen LogP contribution in [0.4, 0.5) is 35.2 Å². The van der Waals surface area contributed by atoms with Crippen molar-refractivity contribution >= 4 is 39.9 Å². The van der Waals surface area contributed by atoms with Crippen molar-refractivity contribution in [1.82, 2.24) is 38.9 Å². The molecule has 7 rings (SSSR count). The molecule has 1 aliphatic carbocycles. The lowest BCUT2D eigenvalue weighted by atomic mass is 10.0. The molecule has 1 saturated carbocycles. The number of amides is 2. The lowest BCUT2D eigenvalue weighted by molar-refractivity contribution is -0.138. The van der Waals surface area contributed by atoms with Crippen molar-refractivity contribution in [3.05, 3.63) is 60.2 Å². The molecule has 0 bridgehead atoms. The van der Waals surface area contributed by atoms with Gasteiger partial charge in [-0.3, -0.25) is 9.30 Å². The van der Waals surface area contributed by atoms with Crippen LogP contribution in [0.5, 0.6) is 0 Å². The number of rotatable bonds is 6. The number of anilines is 3. The summed E-state index contributed by atoms with van der Waals surface area (Å²) in [7, 11) is 1.99. The number of piperazine rings is 1. The van der Waals surface area contributed by atoms with Gasteiger partial charge in [-0.1, -0.05) is 6.07 Å². The first-order chi connectivity index (χ1) is 21.2. The minimum atomic E-state index is -4.57. The Labute approximate surface area is 249 Å². The zero-order valence-electron chi connectivity index (χ0n) is 23.8. The summed E-state index contributed by atoms with van der Waals surface area (Å²) in [5, 5.41) is 10.7. The van der Waals surface area contributed by atoms with Crippen LogP contribution in [0.1, 0.15) is 30.0 Å². The minimum Gasteiger partial charge on any atom is -0.383 e. The van der Waals surface area contributed by atoms with E-state index < -0.39 is 17.8 Å². The Balaban J connectivity index is 1.13. The first-order valence-electron chi connectivity index (χ1n) is 14.3. The highest BCUT2D eigenvalue weighted by Crippen LogP contribution is 2.40. The number of aromatic nitrogens is 6. The van der Waals surface area contributed by atoms with Crippen LogP contribution in [0.2, 0.25) is 0 Å². The Morgan fingerprint density at radius 1 is 1.02 bits per heavy atom. The van der Waals surface area contributed by atoms with Gasteiger partial charge in [0.25, 0.3) is 0 Å². The highest BCUT2D eigenvalue weighted by atomic mass is 19.4. The van der Waals surface area contributed by atoms with Crippen molar-refractivity contribution in [2.45, 2.75) is 31.6 Å². The number of hydrogen-bond acceptors (Lipinski definition) is 8. The highest BCUT2D eigenvalue weighted by molar-refractivity contribution is 6.03. The van der Waals surface area contributed by atoms with Gasteiger partial charge in [-0.2, -0.15) is 18.3 Å². The molecule has 5 heterocycles. The standard InChI is InChI=1S/C29H30F3N11O/c1-40-10-12-41(13-11-40)15-17-2-3-18(14-20(17)29(30,31)32)37-28(44)38-21-6-7-22(42-9-8-34-26(21)42)24-23-25(33)35-16-36-27(23)43(39-24)19-4-5-19/h2-3,6-9,14,16,19H,4-5,10-13,15H2,1H3,(H2,33,35,36)(H2,37,38,44). The molecule has 4 N–H and O–H groups in total. The van der Waals surface area contributed by atoms with E-state index in [0.29, 0.717) is 52.7 Å². The summed E-state index contributed by atoms with van der Waals surface area (Å²) in [6.07, 6.45) is 2.16. The molecule has 15 heteroatoms. The van der Waals surface area contributed by atoms with E-state index in [0.717, 1.165) is 32.0 Å². The van der Waals surface area contributed by atoms with E-state index >= 15 is 0 Å². The van der Waals surface area contributed by atoms with Crippen LogP contribution in [0.25, 0.3) is 28.1 Å². The Bertz CT molecular complexity index is 1870. The summed E-state index contributed by atoms with van der Waals surface area (Å²) in [6, 6.07) is 6.88. The predicted molar refractivity (Wildman–Crippen MR) is 159 cm³/mol. The van der Waals surface area contributed by atoms with E-state index in [-0.39, 0.29) is 23.8 Å². The number of nitrogens with zero attached hydrogens (tertiary/aromatic N) is 8. The highest BCUT2D eigenvalue weighted by Gasteiger charge is 2.34. The second kappa shape index (κ2) is 10.7. The molecular weight excluding hydrogens is 575 g/mol. The average Bonchev–Trinajstić information content (AvgIpc) is 3.56. The quantitative estimate of drug-likeness (QED) is 0.258. The number of nitrogens with one attached hydrogen (secondary N) is 2. The molecule has 1 aromatic carbocycles. The number of fused-ring (bicyclic) bond motifs is 2. The van der Waals surface area contributed by atoms with Crippen LogP contribution in [0.15, 0.2) is 49.1 Å². The van der Waals surface area contributed by atoms with E-state index in [1.54, 1.807) is 28.9 Å². The van der Waals surface area contributed by atoms with Crippen molar-refractivity contribution in [2.75, 3.05) is 49.6 Å². The number of pyridine rings is 1.